The van der Waals surface area contributed by atoms with Crippen molar-refractivity contribution in [2.75, 3.05) is 0 Å². The van der Waals surface area contributed by atoms with Gasteiger partial charge in [-0.2, -0.15) is 0 Å². The molecule has 0 saturated heterocycles. The first-order valence-electron chi connectivity index (χ1n) is 5.63. The number of ether oxygens (including phenoxy) is 1. The first-order chi connectivity index (χ1) is 6.41. The highest BCUT2D eigenvalue weighted by Crippen LogP contribution is 2.46. The fourth-order valence-electron chi connectivity index (χ4n) is 2.24. The maximum atomic E-state index is 11.4. The molecule has 0 N–H and O–H groups in total. The van der Waals surface area contributed by atoms with Crippen LogP contribution in [0.2, 0.25) is 0 Å². The third-order valence-electron chi connectivity index (χ3n) is 3.38. The molecule has 0 aromatic rings. The van der Waals surface area contributed by atoms with Gasteiger partial charge in [-0.15, -0.1) is 0 Å². The number of hydrogen-bond donors (Lipinski definition) is 0. The second kappa shape index (κ2) is 3.92. The largest absolute Gasteiger partial charge is 0.459 e. The van der Waals surface area contributed by atoms with Crippen molar-refractivity contribution in [3.63, 3.8) is 0 Å². The minimum atomic E-state index is -0.194. The number of carbonyl (C=O) groups excluding carboxylic acids is 1. The number of hydrogen-bond acceptors (Lipinski definition) is 2. The Morgan fingerprint density at radius 3 is 2.14 bits per heavy atom. The molecule has 0 amide bonds. The lowest BCUT2D eigenvalue weighted by Crippen LogP contribution is -2.44. The van der Waals surface area contributed by atoms with Gasteiger partial charge in [-0.25, -0.2) is 0 Å². The zero-order valence-corrected chi connectivity index (χ0v) is 9.85. The van der Waals surface area contributed by atoms with Gasteiger partial charge in [0, 0.05) is 11.8 Å². The van der Waals surface area contributed by atoms with Crippen molar-refractivity contribution in [3.8, 4) is 0 Å². The summed E-state index contributed by atoms with van der Waals surface area (Å²) in [6.07, 6.45) is 4.92. The second-order valence-corrected chi connectivity index (χ2v) is 5.28. The van der Waals surface area contributed by atoms with Crippen LogP contribution in [-0.2, 0) is 9.53 Å². The molecule has 1 fully saturated rings. The molecule has 2 heteroatoms. The molecule has 0 heterocycles. The lowest BCUT2D eigenvalue weighted by Gasteiger charge is -2.41. The predicted octanol–water partition coefficient (Wildman–Crippen LogP) is 3.30. The second-order valence-electron chi connectivity index (χ2n) is 5.28. The third kappa shape index (κ3) is 2.10. The van der Waals surface area contributed by atoms with E-state index in [0.717, 1.165) is 12.8 Å². The van der Waals surface area contributed by atoms with Gasteiger partial charge >= 0.3 is 5.97 Å². The Kier molecular flexibility index (Phi) is 3.23. The Balaban J connectivity index is 2.77. The van der Waals surface area contributed by atoms with Crippen LogP contribution in [0.15, 0.2) is 0 Å². The molecule has 1 aliphatic carbocycles. The van der Waals surface area contributed by atoms with Crippen molar-refractivity contribution in [3.05, 3.63) is 0 Å². The summed E-state index contributed by atoms with van der Waals surface area (Å²) in [5, 5.41) is 0. The summed E-state index contributed by atoms with van der Waals surface area (Å²) in [6.45, 7) is 8.36. The van der Waals surface area contributed by atoms with Gasteiger partial charge in [0.05, 0.1) is 0 Å². The molecule has 1 saturated carbocycles. The Morgan fingerprint density at radius 2 is 1.79 bits per heavy atom. The van der Waals surface area contributed by atoms with E-state index < -0.39 is 0 Å². The van der Waals surface area contributed by atoms with Crippen LogP contribution in [0.4, 0.5) is 0 Å². The van der Waals surface area contributed by atoms with E-state index in [1.165, 1.54) is 12.8 Å². The molecule has 82 valence electrons. The summed E-state index contributed by atoms with van der Waals surface area (Å²) >= 11 is 0. The predicted molar refractivity (Wildman–Crippen MR) is 57.0 cm³/mol. The molecule has 0 aliphatic heterocycles. The summed E-state index contributed by atoms with van der Waals surface area (Å²) in [5.74, 6) is -0.0539. The molecule has 1 aliphatic rings. The number of carbonyl (C=O) groups is 1. The lowest BCUT2D eigenvalue weighted by molar-refractivity contribution is -0.172. The molecule has 0 spiro atoms. The van der Waals surface area contributed by atoms with Gasteiger partial charge in [0.25, 0.3) is 0 Å². The van der Waals surface area contributed by atoms with Crippen molar-refractivity contribution in [1.29, 1.82) is 0 Å². The zero-order chi connectivity index (χ0) is 10.8. The average molecular weight is 198 g/mol. The van der Waals surface area contributed by atoms with Gasteiger partial charge in [0.15, 0.2) is 0 Å². The molecule has 0 aromatic heterocycles. The highest BCUT2D eigenvalue weighted by molar-refractivity contribution is 5.69. The van der Waals surface area contributed by atoms with Crippen molar-refractivity contribution in [1.82, 2.24) is 0 Å². The summed E-state index contributed by atoms with van der Waals surface area (Å²) < 4.78 is 5.67. The van der Waals surface area contributed by atoms with Crippen LogP contribution in [0.5, 0.6) is 0 Å². The minimum absolute atomic E-state index is 0.0539. The molecule has 2 nitrogen and oxygen atoms in total. The van der Waals surface area contributed by atoms with Crippen LogP contribution in [0.3, 0.4) is 0 Å². The van der Waals surface area contributed by atoms with Crippen LogP contribution in [0.1, 0.15) is 59.8 Å². The van der Waals surface area contributed by atoms with Crippen molar-refractivity contribution < 1.29 is 9.53 Å². The van der Waals surface area contributed by atoms with E-state index in [-0.39, 0.29) is 17.0 Å². The molecule has 14 heavy (non-hydrogen) atoms. The van der Waals surface area contributed by atoms with E-state index in [1.54, 1.807) is 0 Å². The first kappa shape index (κ1) is 11.5. The molecule has 0 radical (unpaired) electrons. The maximum Gasteiger partial charge on any atom is 0.306 e. The fourth-order valence-corrected chi connectivity index (χ4v) is 2.24. The monoisotopic (exact) mass is 198 g/mol. The standard InChI is InChI=1S/C12H22O2/c1-5-10(13)14-12(11(2,3)4)8-6-7-9-12/h5-9H2,1-4H3. The van der Waals surface area contributed by atoms with Crippen molar-refractivity contribution in [2.45, 2.75) is 65.4 Å². The highest BCUT2D eigenvalue weighted by atomic mass is 16.6. The van der Waals surface area contributed by atoms with Crippen molar-refractivity contribution >= 4 is 5.97 Å². The normalized spacial score (nSPS) is 20.9. The van der Waals surface area contributed by atoms with E-state index >= 15 is 0 Å². The van der Waals surface area contributed by atoms with Gasteiger partial charge in [-0.05, 0) is 25.7 Å². The molecule has 0 bridgehead atoms. The smallest absolute Gasteiger partial charge is 0.306 e. The van der Waals surface area contributed by atoms with Gasteiger partial charge in [0.2, 0.25) is 0 Å². The summed E-state index contributed by atoms with van der Waals surface area (Å²) in [5.41, 5.74) is -0.131. The summed E-state index contributed by atoms with van der Waals surface area (Å²) in [6, 6.07) is 0. The maximum absolute atomic E-state index is 11.4. The SMILES string of the molecule is CCC(=O)OC1(C(C)(C)C)CCCC1. The molecule has 0 aromatic carbocycles. The highest BCUT2D eigenvalue weighted by Gasteiger charge is 2.47. The first-order valence-corrected chi connectivity index (χ1v) is 5.63. The van der Waals surface area contributed by atoms with Crippen LogP contribution >= 0.6 is 0 Å². The van der Waals surface area contributed by atoms with Gasteiger partial charge < -0.3 is 4.74 Å². The summed E-state index contributed by atoms with van der Waals surface area (Å²) in [4.78, 5) is 11.4. The number of rotatable bonds is 2. The summed E-state index contributed by atoms with van der Waals surface area (Å²) in [7, 11) is 0. The van der Waals surface area contributed by atoms with Crippen LogP contribution < -0.4 is 0 Å². The Labute approximate surface area is 87.0 Å². The number of esters is 1. The molecular weight excluding hydrogens is 176 g/mol. The molecule has 1 rings (SSSR count). The van der Waals surface area contributed by atoms with E-state index in [9.17, 15) is 4.79 Å². The van der Waals surface area contributed by atoms with Gasteiger partial charge in [-0.1, -0.05) is 27.7 Å². The Bertz CT molecular complexity index is 207. The quantitative estimate of drug-likeness (QED) is 0.636. The fraction of sp³-hybridized carbons (Fsp3) is 0.917. The minimum Gasteiger partial charge on any atom is -0.459 e. The molecule has 0 unspecified atom stereocenters. The van der Waals surface area contributed by atoms with Crippen LogP contribution in [0, 0.1) is 5.41 Å². The van der Waals surface area contributed by atoms with E-state index in [0.29, 0.717) is 6.42 Å². The Hall–Kier alpha value is -0.530. The van der Waals surface area contributed by atoms with E-state index in [4.69, 9.17) is 4.74 Å². The van der Waals surface area contributed by atoms with Gasteiger partial charge in [-0.3, -0.25) is 4.79 Å². The van der Waals surface area contributed by atoms with Crippen LogP contribution in [0.25, 0.3) is 0 Å². The van der Waals surface area contributed by atoms with Crippen molar-refractivity contribution in [2.24, 2.45) is 5.41 Å². The van der Waals surface area contributed by atoms with E-state index in [1.807, 2.05) is 6.92 Å². The third-order valence-corrected chi connectivity index (χ3v) is 3.38. The lowest BCUT2D eigenvalue weighted by atomic mass is 9.75. The topological polar surface area (TPSA) is 26.3 Å². The molecule has 0 atom stereocenters. The van der Waals surface area contributed by atoms with Crippen LogP contribution in [-0.4, -0.2) is 11.6 Å². The Morgan fingerprint density at radius 1 is 1.29 bits per heavy atom. The average Bonchev–Trinajstić information content (AvgIpc) is 2.52. The van der Waals surface area contributed by atoms with E-state index in [2.05, 4.69) is 20.8 Å². The molecular formula is C12H22O2. The van der Waals surface area contributed by atoms with Gasteiger partial charge in [0.1, 0.15) is 5.60 Å². The zero-order valence-electron chi connectivity index (χ0n) is 9.85.